The van der Waals surface area contributed by atoms with E-state index in [-0.39, 0.29) is 48.8 Å². The van der Waals surface area contributed by atoms with Gasteiger partial charge in [0.25, 0.3) is 0 Å². The maximum Gasteiger partial charge on any atom is 1.00 e. The summed E-state index contributed by atoms with van der Waals surface area (Å²) in [5.74, 6) is -0.785. The molecule has 0 spiro atoms. The molecule has 0 amide bonds. The van der Waals surface area contributed by atoms with Gasteiger partial charge >= 0.3 is 29.6 Å². The molecule has 3 unspecified atom stereocenters. The van der Waals surface area contributed by atoms with Crippen molar-refractivity contribution < 1.29 is 50.9 Å². The Kier molecular flexibility index (Phi) is 6.77. The summed E-state index contributed by atoms with van der Waals surface area (Å²) in [4.78, 5) is 0. The molecule has 1 fully saturated rings. The van der Waals surface area contributed by atoms with E-state index < -0.39 is 37.4 Å². The number of nitrogens with one attached hydrogen (secondary N) is 1. The molecule has 3 atom stereocenters. The molecule has 10 heteroatoms. The molecule has 0 aromatic rings. The van der Waals surface area contributed by atoms with Gasteiger partial charge in [0.15, 0.2) is 0 Å². The SMILES string of the molecule is CS(=O)(=O)NC1CCC(S(=O)(=O)[O-])CC1C#N.[Na+]. The van der Waals surface area contributed by atoms with Crippen LogP contribution in [-0.4, -0.2) is 38.9 Å². The first-order chi connectivity index (χ1) is 7.63. The van der Waals surface area contributed by atoms with Crippen LogP contribution in [0.15, 0.2) is 0 Å². The predicted molar refractivity (Wildman–Crippen MR) is 58.2 cm³/mol. The van der Waals surface area contributed by atoms with Crippen molar-refractivity contribution >= 4 is 20.1 Å². The van der Waals surface area contributed by atoms with Crippen LogP contribution in [0.25, 0.3) is 0 Å². The maximum atomic E-state index is 11.0. The van der Waals surface area contributed by atoms with Crippen LogP contribution in [0, 0.1) is 17.2 Å². The van der Waals surface area contributed by atoms with Crippen LogP contribution < -0.4 is 34.3 Å². The molecule has 98 valence electrons. The van der Waals surface area contributed by atoms with E-state index >= 15 is 0 Å². The Balaban J connectivity index is 0.00000289. The number of rotatable bonds is 3. The number of hydrogen-bond acceptors (Lipinski definition) is 6. The third-order valence-corrected chi connectivity index (χ3v) is 4.72. The second kappa shape index (κ2) is 6.65. The van der Waals surface area contributed by atoms with Crippen molar-refractivity contribution in [3.05, 3.63) is 0 Å². The molecule has 0 bridgehead atoms. The Hall–Kier alpha value is 0.310. The van der Waals surface area contributed by atoms with E-state index in [0.717, 1.165) is 6.26 Å². The molecular weight excluding hydrogens is 291 g/mol. The van der Waals surface area contributed by atoms with E-state index in [0.29, 0.717) is 0 Å². The smallest absolute Gasteiger partial charge is 0.748 e. The van der Waals surface area contributed by atoms with Gasteiger partial charge in [-0.25, -0.2) is 21.6 Å². The van der Waals surface area contributed by atoms with Crippen LogP contribution >= 0.6 is 0 Å². The molecule has 7 nitrogen and oxygen atoms in total. The summed E-state index contributed by atoms with van der Waals surface area (Å²) in [6, 6.07) is 1.23. The second-order valence-electron chi connectivity index (χ2n) is 4.16. The Morgan fingerprint density at radius 2 is 1.83 bits per heavy atom. The molecule has 0 heterocycles. The predicted octanol–water partition coefficient (Wildman–Crippen LogP) is -3.85. The molecule has 0 saturated heterocycles. The van der Waals surface area contributed by atoms with E-state index in [4.69, 9.17) is 5.26 Å². The van der Waals surface area contributed by atoms with Crippen molar-refractivity contribution in [1.29, 1.82) is 5.26 Å². The largest absolute Gasteiger partial charge is 1.00 e. The normalized spacial score (nSPS) is 29.1. The molecule has 1 N–H and O–H groups in total. The van der Waals surface area contributed by atoms with Crippen LogP contribution in [0.5, 0.6) is 0 Å². The maximum absolute atomic E-state index is 11.0. The Morgan fingerprint density at radius 3 is 2.22 bits per heavy atom. The van der Waals surface area contributed by atoms with E-state index in [1.807, 2.05) is 6.07 Å². The van der Waals surface area contributed by atoms with E-state index in [1.165, 1.54) is 0 Å². The van der Waals surface area contributed by atoms with Gasteiger partial charge in [0, 0.05) is 6.04 Å². The summed E-state index contributed by atoms with van der Waals surface area (Å²) in [6.07, 6.45) is 1.11. The summed E-state index contributed by atoms with van der Waals surface area (Å²) < 4.78 is 56.9. The minimum absolute atomic E-state index is 0. The average Bonchev–Trinajstić information content (AvgIpc) is 2.14. The summed E-state index contributed by atoms with van der Waals surface area (Å²) in [6.45, 7) is 0. The second-order valence-corrected chi connectivity index (χ2v) is 7.59. The molecule has 0 aromatic carbocycles. The zero-order valence-electron chi connectivity index (χ0n) is 10.2. The molecule has 1 rings (SSSR count). The minimum atomic E-state index is -4.41. The fourth-order valence-electron chi connectivity index (χ4n) is 1.95. The van der Waals surface area contributed by atoms with Crippen LogP contribution in [0.1, 0.15) is 19.3 Å². The summed E-state index contributed by atoms with van der Waals surface area (Å²) in [5.41, 5.74) is 0. The van der Waals surface area contributed by atoms with Gasteiger partial charge < -0.3 is 4.55 Å². The summed E-state index contributed by atoms with van der Waals surface area (Å²) in [7, 11) is -7.86. The number of nitrogens with zero attached hydrogens (tertiary/aromatic N) is 1. The number of hydrogen-bond donors (Lipinski definition) is 1. The topological polar surface area (TPSA) is 127 Å². The van der Waals surface area contributed by atoms with Gasteiger partial charge in [-0.05, 0) is 19.3 Å². The molecule has 18 heavy (non-hydrogen) atoms. The summed E-state index contributed by atoms with van der Waals surface area (Å²) >= 11 is 0. The quantitative estimate of drug-likeness (QED) is 0.420. The van der Waals surface area contributed by atoms with Crippen molar-refractivity contribution in [3.8, 4) is 6.07 Å². The fourth-order valence-corrected chi connectivity index (χ4v) is 3.65. The van der Waals surface area contributed by atoms with Crippen LogP contribution in [0.3, 0.4) is 0 Å². The first-order valence-electron chi connectivity index (χ1n) is 4.95. The van der Waals surface area contributed by atoms with Crippen molar-refractivity contribution in [2.75, 3.05) is 6.26 Å². The molecule has 0 radical (unpaired) electrons. The molecular formula is C8H13N2NaO5S2. The van der Waals surface area contributed by atoms with E-state index in [2.05, 4.69) is 4.72 Å². The minimum Gasteiger partial charge on any atom is -0.748 e. The van der Waals surface area contributed by atoms with Gasteiger partial charge in [-0.3, -0.25) is 0 Å². The van der Waals surface area contributed by atoms with Crippen molar-refractivity contribution in [2.45, 2.75) is 30.6 Å². The monoisotopic (exact) mass is 304 g/mol. The Bertz CT molecular complexity index is 524. The van der Waals surface area contributed by atoms with Gasteiger partial charge in [-0.1, -0.05) is 0 Å². The third kappa shape index (κ3) is 5.52. The molecule has 0 aliphatic heterocycles. The molecule has 1 saturated carbocycles. The van der Waals surface area contributed by atoms with E-state index in [1.54, 1.807) is 0 Å². The number of sulfonamides is 1. The van der Waals surface area contributed by atoms with Crippen LogP contribution in [0.2, 0.25) is 0 Å². The fraction of sp³-hybridized carbons (Fsp3) is 0.875. The van der Waals surface area contributed by atoms with Crippen molar-refractivity contribution in [3.63, 3.8) is 0 Å². The average molecular weight is 304 g/mol. The van der Waals surface area contributed by atoms with Gasteiger partial charge in [0.1, 0.15) is 0 Å². The van der Waals surface area contributed by atoms with Gasteiger partial charge in [0.2, 0.25) is 10.0 Å². The standard InChI is InChI=1S/C8H14N2O5S2.Na/c1-16(11,12)10-8-3-2-7(17(13,14)15)4-6(8)5-9;/h6-8,10H,2-4H2,1H3,(H,13,14,15);/q;+1/p-1. The van der Waals surface area contributed by atoms with Gasteiger partial charge in [0.05, 0.1) is 33.6 Å². The summed E-state index contributed by atoms with van der Waals surface area (Å²) in [5, 5.41) is 7.77. The van der Waals surface area contributed by atoms with Crippen LogP contribution in [0.4, 0.5) is 0 Å². The first kappa shape index (κ1) is 18.3. The number of nitriles is 1. The zero-order valence-corrected chi connectivity index (χ0v) is 13.8. The van der Waals surface area contributed by atoms with Gasteiger partial charge in [-0.15, -0.1) is 0 Å². The molecule has 1 aliphatic rings. The van der Waals surface area contributed by atoms with Crippen molar-refractivity contribution in [1.82, 2.24) is 4.72 Å². The Morgan fingerprint density at radius 1 is 1.28 bits per heavy atom. The van der Waals surface area contributed by atoms with E-state index in [9.17, 15) is 21.4 Å². The first-order valence-corrected chi connectivity index (χ1v) is 8.31. The van der Waals surface area contributed by atoms with Crippen molar-refractivity contribution in [2.24, 2.45) is 5.92 Å². The third-order valence-electron chi connectivity index (χ3n) is 2.74. The Labute approximate surface area is 129 Å². The molecule has 1 aliphatic carbocycles. The molecule has 0 aromatic heterocycles. The zero-order chi connectivity index (χ0) is 13.3. The van der Waals surface area contributed by atoms with Gasteiger partial charge in [-0.2, -0.15) is 5.26 Å². The van der Waals surface area contributed by atoms with Crippen LogP contribution in [-0.2, 0) is 20.1 Å².